The van der Waals surface area contributed by atoms with E-state index >= 15 is 0 Å². The predicted molar refractivity (Wildman–Crippen MR) is 85.8 cm³/mol. The van der Waals surface area contributed by atoms with Crippen molar-refractivity contribution in [2.45, 2.75) is 33.5 Å². The van der Waals surface area contributed by atoms with Crippen LogP contribution in [0.3, 0.4) is 0 Å². The molecule has 6 nitrogen and oxygen atoms in total. The minimum Gasteiger partial charge on any atom is -0.478 e. The number of halogens is 2. The van der Waals surface area contributed by atoms with E-state index in [1.54, 1.807) is 20.8 Å². The van der Waals surface area contributed by atoms with Crippen molar-refractivity contribution < 1.29 is 28.2 Å². The van der Waals surface area contributed by atoms with Gasteiger partial charge in [-0.15, -0.1) is 0 Å². The van der Waals surface area contributed by atoms with Crippen LogP contribution in [0.15, 0.2) is 18.2 Å². The maximum Gasteiger partial charge on any atom is 0.339 e. The molecule has 0 saturated carbocycles. The number of hydrogen-bond acceptors (Lipinski definition) is 4. The average Bonchev–Trinajstić information content (AvgIpc) is 2.94. The monoisotopic (exact) mass is 354 g/mol. The third-order valence-corrected chi connectivity index (χ3v) is 3.54. The van der Waals surface area contributed by atoms with Crippen molar-refractivity contribution >= 4 is 5.97 Å². The normalized spacial score (nSPS) is 11.3. The maximum absolute atomic E-state index is 14.3. The van der Waals surface area contributed by atoms with Gasteiger partial charge in [0.1, 0.15) is 22.8 Å². The highest BCUT2D eigenvalue weighted by atomic mass is 19.1. The van der Waals surface area contributed by atoms with Gasteiger partial charge in [0, 0.05) is 19.3 Å². The van der Waals surface area contributed by atoms with Crippen LogP contribution in [-0.4, -0.2) is 34.1 Å². The smallest absolute Gasteiger partial charge is 0.339 e. The van der Waals surface area contributed by atoms with Crippen molar-refractivity contribution in [3.05, 3.63) is 46.8 Å². The van der Waals surface area contributed by atoms with Crippen molar-refractivity contribution in [3.63, 3.8) is 0 Å². The molecule has 0 spiro atoms. The van der Waals surface area contributed by atoms with Gasteiger partial charge < -0.3 is 14.6 Å². The standard InChI is InChI=1S/C17H20F2N2O4/c1-4-12-14(16(22)23)15(17(24-5-2)25-6-3)21(20-12)13-8-7-10(18)9-11(13)19/h7-9,17H,4-6H2,1-3H3,(H,22,23). The Hall–Kier alpha value is -2.32. The van der Waals surface area contributed by atoms with Crippen LogP contribution < -0.4 is 0 Å². The molecular formula is C17H20F2N2O4. The molecule has 0 bridgehead atoms. The Bertz CT molecular complexity index is 755. The van der Waals surface area contributed by atoms with Gasteiger partial charge in [-0.2, -0.15) is 5.10 Å². The molecule has 1 aromatic carbocycles. The second-order valence-corrected chi connectivity index (χ2v) is 5.12. The third-order valence-electron chi connectivity index (χ3n) is 3.54. The molecule has 2 aromatic rings. The van der Waals surface area contributed by atoms with E-state index in [9.17, 15) is 18.7 Å². The van der Waals surface area contributed by atoms with Crippen LogP contribution in [0.5, 0.6) is 0 Å². The SMILES string of the molecule is CCOC(OCC)c1c(C(=O)O)c(CC)nn1-c1ccc(F)cc1F. The van der Waals surface area contributed by atoms with Gasteiger partial charge in [0.15, 0.2) is 5.82 Å². The summed E-state index contributed by atoms with van der Waals surface area (Å²) in [6.07, 6.45) is -0.728. The summed E-state index contributed by atoms with van der Waals surface area (Å²) in [5.41, 5.74) is 0.148. The first kappa shape index (κ1) is 19.0. The van der Waals surface area contributed by atoms with Gasteiger partial charge in [0.05, 0.1) is 5.69 Å². The summed E-state index contributed by atoms with van der Waals surface area (Å²) in [4.78, 5) is 11.8. The molecule has 25 heavy (non-hydrogen) atoms. The summed E-state index contributed by atoms with van der Waals surface area (Å²) in [5.74, 6) is -2.82. The molecule has 2 rings (SSSR count). The van der Waals surface area contributed by atoms with Crippen molar-refractivity contribution in [1.82, 2.24) is 9.78 Å². The van der Waals surface area contributed by atoms with E-state index in [1.807, 2.05) is 0 Å². The van der Waals surface area contributed by atoms with E-state index in [4.69, 9.17) is 9.47 Å². The van der Waals surface area contributed by atoms with Gasteiger partial charge in [-0.05, 0) is 32.4 Å². The van der Waals surface area contributed by atoms with E-state index in [0.717, 1.165) is 10.7 Å². The molecule has 0 radical (unpaired) electrons. The van der Waals surface area contributed by atoms with Crippen LogP contribution in [0.1, 0.15) is 48.8 Å². The summed E-state index contributed by atoms with van der Waals surface area (Å²) in [6, 6.07) is 2.98. The minimum atomic E-state index is -1.22. The summed E-state index contributed by atoms with van der Waals surface area (Å²) < 4.78 is 39.6. The van der Waals surface area contributed by atoms with E-state index in [2.05, 4.69) is 5.10 Å². The number of carboxylic acids is 1. The molecule has 0 saturated heterocycles. The van der Waals surface area contributed by atoms with Crippen LogP contribution in [0.4, 0.5) is 8.78 Å². The summed E-state index contributed by atoms with van der Waals surface area (Å²) >= 11 is 0. The summed E-state index contributed by atoms with van der Waals surface area (Å²) in [5, 5.41) is 13.8. The third kappa shape index (κ3) is 3.85. The molecule has 1 heterocycles. The number of rotatable bonds is 8. The van der Waals surface area contributed by atoms with Crippen molar-refractivity contribution in [2.24, 2.45) is 0 Å². The summed E-state index contributed by atoms with van der Waals surface area (Å²) in [6.45, 7) is 5.70. The lowest BCUT2D eigenvalue weighted by atomic mass is 10.1. The number of aromatic nitrogens is 2. The van der Waals surface area contributed by atoms with Gasteiger partial charge >= 0.3 is 5.97 Å². The summed E-state index contributed by atoms with van der Waals surface area (Å²) in [7, 11) is 0. The molecule has 0 atom stereocenters. The molecule has 0 amide bonds. The number of carboxylic acid groups (broad SMARTS) is 1. The zero-order valence-electron chi connectivity index (χ0n) is 14.3. The number of hydrogen-bond donors (Lipinski definition) is 1. The fraction of sp³-hybridized carbons (Fsp3) is 0.412. The lowest BCUT2D eigenvalue weighted by Crippen LogP contribution is -2.18. The highest BCUT2D eigenvalue weighted by molar-refractivity contribution is 5.90. The van der Waals surface area contributed by atoms with Gasteiger partial charge in [-0.1, -0.05) is 6.92 Å². The lowest BCUT2D eigenvalue weighted by molar-refractivity contribution is -0.144. The minimum absolute atomic E-state index is 0.0681. The topological polar surface area (TPSA) is 73.6 Å². The average molecular weight is 354 g/mol. The maximum atomic E-state index is 14.3. The van der Waals surface area contributed by atoms with Gasteiger partial charge in [0.2, 0.25) is 6.29 Å². The lowest BCUT2D eigenvalue weighted by Gasteiger charge is -2.19. The van der Waals surface area contributed by atoms with Crippen molar-refractivity contribution in [2.75, 3.05) is 13.2 Å². The quantitative estimate of drug-likeness (QED) is 0.735. The van der Waals surface area contributed by atoms with Crippen molar-refractivity contribution in [3.8, 4) is 5.69 Å². The first-order valence-corrected chi connectivity index (χ1v) is 7.98. The molecular weight excluding hydrogens is 334 g/mol. The van der Waals surface area contributed by atoms with Gasteiger partial charge in [-0.3, -0.25) is 0 Å². The first-order chi connectivity index (χ1) is 11.9. The van der Waals surface area contributed by atoms with E-state index < -0.39 is 23.9 Å². The predicted octanol–water partition coefficient (Wildman–Crippen LogP) is 3.48. The number of aromatic carboxylic acids is 1. The second-order valence-electron chi connectivity index (χ2n) is 5.12. The van der Waals surface area contributed by atoms with Crippen LogP contribution in [0.25, 0.3) is 5.69 Å². The Labute approximate surface area is 144 Å². The van der Waals surface area contributed by atoms with E-state index in [-0.39, 0.29) is 35.9 Å². The van der Waals surface area contributed by atoms with E-state index in [0.29, 0.717) is 12.5 Å². The Balaban J connectivity index is 2.75. The van der Waals surface area contributed by atoms with Crippen LogP contribution >= 0.6 is 0 Å². The van der Waals surface area contributed by atoms with E-state index in [1.165, 1.54) is 6.07 Å². The Morgan fingerprint density at radius 2 is 1.88 bits per heavy atom. The van der Waals surface area contributed by atoms with Crippen LogP contribution in [-0.2, 0) is 15.9 Å². The second kappa shape index (κ2) is 8.17. The zero-order valence-corrected chi connectivity index (χ0v) is 14.3. The Kier molecular flexibility index (Phi) is 6.22. The highest BCUT2D eigenvalue weighted by Crippen LogP contribution is 2.30. The number of nitrogens with zero attached hydrogens (tertiary/aromatic N) is 2. The molecule has 1 aromatic heterocycles. The fourth-order valence-electron chi connectivity index (χ4n) is 2.52. The van der Waals surface area contributed by atoms with Gasteiger partial charge in [0.25, 0.3) is 0 Å². The van der Waals surface area contributed by atoms with Crippen molar-refractivity contribution in [1.29, 1.82) is 0 Å². The number of carbonyl (C=O) groups is 1. The number of aryl methyl sites for hydroxylation is 1. The number of ether oxygens (including phenoxy) is 2. The molecule has 8 heteroatoms. The van der Waals surface area contributed by atoms with Crippen LogP contribution in [0, 0.1) is 11.6 Å². The first-order valence-electron chi connectivity index (χ1n) is 7.98. The zero-order chi connectivity index (χ0) is 18.6. The molecule has 0 fully saturated rings. The fourth-order valence-corrected chi connectivity index (χ4v) is 2.52. The molecule has 0 aliphatic heterocycles. The molecule has 136 valence electrons. The van der Waals surface area contributed by atoms with Gasteiger partial charge in [-0.25, -0.2) is 18.3 Å². The highest BCUT2D eigenvalue weighted by Gasteiger charge is 2.31. The molecule has 0 aliphatic carbocycles. The Morgan fingerprint density at radius 3 is 2.36 bits per heavy atom. The molecule has 0 unspecified atom stereocenters. The number of benzene rings is 1. The Morgan fingerprint density at radius 1 is 1.24 bits per heavy atom. The molecule has 1 N–H and O–H groups in total. The van der Waals surface area contributed by atoms with Crippen LogP contribution in [0.2, 0.25) is 0 Å². The molecule has 0 aliphatic rings. The largest absolute Gasteiger partial charge is 0.478 e.